The van der Waals surface area contributed by atoms with E-state index in [1.165, 1.54) is 23.2 Å². The van der Waals surface area contributed by atoms with Crippen LogP contribution in [0.4, 0.5) is 5.69 Å². The number of rotatable bonds is 5. The van der Waals surface area contributed by atoms with Crippen LogP contribution in [0.15, 0.2) is 54.6 Å². The third kappa shape index (κ3) is 3.45. The van der Waals surface area contributed by atoms with Gasteiger partial charge in [0.05, 0.1) is 0 Å². The van der Waals surface area contributed by atoms with Crippen LogP contribution < -0.4 is 10.2 Å². The average Bonchev–Trinajstić information content (AvgIpc) is 2.98. The fourth-order valence-corrected chi connectivity index (χ4v) is 3.22. The maximum atomic E-state index is 3.57. The van der Waals surface area contributed by atoms with Crippen molar-refractivity contribution in [3.8, 4) is 0 Å². The highest BCUT2D eigenvalue weighted by Gasteiger charge is 2.23. The summed E-state index contributed by atoms with van der Waals surface area (Å²) in [5.74, 6) is 0. The molecule has 2 nitrogen and oxygen atoms in total. The van der Waals surface area contributed by atoms with Crippen molar-refractivity contribution < 1.29 is 0 Å². The zero-order valence-corrected chi connectivity index (χ0v) is 12.8. The average molecular weight is 280 g/mol. The first-order valence-electron chi connectivity index (χ1n) is 7.97. The van der Waals surface area contributed by atoms with Crippen molar-refractivity contribution in [3.63, 3.8) is 0 Å². The Kier molecular flexibility index (Phi) is 4.56. The van der Waals surface area contributed by atoms with Crippen molar-refractivity contribution in [3.05, 3.63) is 65.7 Å². The molecule has 1 heterocycles. The molecule has 0 spiro atoms. The van der Waals surface area contributed by atoms with E-state index in [2.05, 4.69) is 71.7 Å². The Hall–Kier alpha value is -1.80. The Balaban J connectivity index is 1.77. The van der Waals surface area contributed by atoms with Gasteiger partial charge in [0.1, 0.15) is 0 Å². The van der Waals surface area contributed by atoms with Gasteiger partial charge >= 0.3 is 0 Å². The molecule has 1 unspecified atom stereocenters. The second kappa shape index (κ2) is 6.77. The number of para-hydroxylation sites is 1. The first-order chi connectivity index (χ1) is 10.4. The molecule has 2 aromatic rings. The molecule has 1 aliphatic rings. The normalized spacial score (nSPS) is 18.1. The quantitative estimate of drug-likeness (QED) is 0.902. The molecule has 1 aliphatic heterocycles. The zero-order valence-electron chi connectivity index (χ0n) is 12.8. The number of hydrogen-bond acceptors (Lipinski definition) is 2. The second-order valence-electron chi connectivity index (χ2n) is 5.78. The fourth-order valence-electron chi connectivity index (χ4n) is 3.22. The summed E-state index contributed by atoms with van der Waals surface area (Å²) in [5.41, 5.74) is 4.22. The van der Waals surface area contributed by atoms with Crippen LogP contribution in [0.5, 0.6) is 0 Å². The van der Waals surface area contributed by atoms with Crippen molar-refractivity contribution in [1.82, 2.24) is 5.32 Å². The summed E-state index contributed by atoms with van der Waals surface area (Å²) in [6, 6.07) is 20.2. The first kappa shape index (κ1) is 14.2. The molecule has 1 N–H and O–H groups in total. The summed E-state index contributed by atoms with van der Waals surface area (Å²) < 4.78 is 0. The molecule has 2 heteroatoms. The van der Waals surface area contributed by atoms with E-state index in [-0.39, 0.29) is 0 Å². The van der Waals surface area contributed by atoms with Gasteiger partial charge in [-0.15, -0.1) is 0 Å². The lowest BCUT2D eigenvalue weighted by Gasteiger charge is -2.22. The minimum Gasteiger partial charge on any atom is -0.370 e. The molecule has 0 bridgehead atoms. The van der Waals surface area contributed by atoms with Gasteiger partial charge in [-0.2, -0.15) is 0 Å². The van der Waals surface area contributed by atoms with Gasteiger partial charge in [-0.25, -0.2) is 0 Å². The lowest BCUT2D eigenvalue weighted by molar-refractivity contribution is 0.572. The van der Waals surface area contributed by atoms with E-state index in [0.717, 1.165) is 26.1 Å². The van der Waals surface area contributed by atoms with Gasteiger partial charge in [-0.1, -0.05) is 55.5 Å². The molecule has 0 radical (unpaired) electrons. The monoisotopic (exact) mass is 280 g/mol. The van der Waals surface area contributed by atoms with Crippen molar-refractivity contribution >= 4 is 5.69 Å². The number of anilines is 1. The number of likely N-dealkylation sites (N-methyl/N-ethyl adjacent to an activating group) is 1. The van der Waals surface area contributed by atoms with E-state index >= 15 is 0 Å². The molecule has 0 saturated carbocycles. The molecular weight excluding hydrogens is 256 g/mol. The summed E-state index contributed by atoms with van der Waals surface area (Å²) in [5, 5.41) is 3.57. The highest BCUT2D eigenvalue weighted by Crippen LogP contribution is 2.26. The summed E-state index contributed by atoms with van der Waals surface area (Å²) in [6.45, 7) is 5.53. The molecule has 2 aromatic carbocycles. The molecule has 0 aromatic heterocycles. The minimum absolute atomic E-state index is 0.639. The summed E-state index contributed by atoms with van der Waals surface area (Å²) in [7, 11) is 0. The highest BCUT2D eigenvalue weighted by atomic mass is 15.2. The largest absolute Gasteiger partial charge is 0.370 e. The standard InChI is InChI=1S/C19H24N2/c1-2-20-18-12-13-21(15-18)19-11-7-6-10-17(19)14-16-8-4-3-5-9-16/h3-11,18,20H,2,12-15H2,1H3. The first-order valence-corrected chi connectivity index (χ1v) is 7.97. The highest BCUT2D eigenvalue weighted by molar-refractivity contribution is 5.56. The molecule has 21 heavy (non-hydrogen) atoms. The molecule has 110 valence electrons. The van der Waals surface area contributed by atoms with Gasteiger partial charge in [-0.3, -0.25) is 0 Å². The fraction of sp³-hybridized carbons (Fsp3) is 0.368. The topological polar surface area (TPSA) is 15.3 Å². The predicted molar refractivity (Wildman–Crippen MR) is 90.0 cm³/mol. The Morgan fingerprint density at radius 2 is 1.81 bits per heavy atom. The number of nitrogens with zero attached hydrogens (tertiary/aromatic N) is 1. The van der Waals surface area contributed by atoms with Crippen LogP contribution in [0.1, 0.15) is 24.5 Å². The number of hydrogen-bond donors (Lipinski definition) is 1. The van der Waals surface area contributed by atoms with Crippen molar-refractivity contribution in [2.24, 2.45) is 0 Å². The summed E-state index contributed by atoms with van der Waals surface area (Å²) in [6.07, 6.45) is 2.26. The Morgan fingerprint density at radius 1 is 1.05 bits per heavy atom. The third-order valence-corrected chi connectivity index (χ3v) is 4.25. The zero-order chi connectivity index (χ0) is 14.5. The van der Waals surface area contributed by atoms with Crippen molar-refractivity contribution in [2.45, 2.75) is 25.8 Å². The Bertz CT molecular complexity index is 565. The van der Waals surface area contributed by atoms with Crippen LogP contribution in [-0.4, -0.2) is 25.7 Å². The Labute approximate surface area is 127 Å². The van der Waals surface area contributed by atoms with Gasteiger partial charge in [0.15, 0.2) is 0 Å². The van der Waals surface area contributed by atoms with E-state index in [9.17, 15) is 0 Å². The predicted octanol–water partition coefficient (Wildman–Crippen LogP) is 3.47. The van der Waals surface area contributed by atoms with E-state index in [4.69, 9.17) is 0 Å². The van der Waals surface area contributed by atoms with Gasteiger partial charge in [0, 0.05) is 24.8 Å². The summed E-state index contributed by atoms with van der Waals surface area (Å²) in [4.78, 5) is 2.53. The lowest BCUT2D eigenvalue weighted by atomic mass is 10.0. The van der Waals surface area contributed by atoms with Crippen molar-refractivity contribution in [1.29, 1.82) is 0 Å². The van der Waals surface area contributed by atoms with Crippen LogP contribution in [0.2, 0.25) is 0 Å². The van der Waals surface area contributed by atoms with Crippen LogP contribution in [0.25, 0.3) is 0 Å². The SMILES string of the molecule is CCNC1CCN(c2ccccc2Cc2ccccc2)C1. The maximum absolute atomic E-state index is 3.57. The van der Waals surface area contributed by atoms with E-state index in [1.54, 1.807) is 0 Å². The molecule has 0 aliphatic carbocycles. The van der Waals surface area contributed by atoms with Gasteiger partial charge < -0.3 is 10.2 Å². The van der Waals surface area contributed by atoms with Crippen LogP contribution in [0, 0.1) is 0 Å². The van der Waals surface area contributed by atoms with E-state index in [1.807, 2.05) is 0 Å². The van der Waals surface area contributed by atoms with Crippen LogP contribution >= 0.6 is 0 Å². The number of nitrogens with one attached hydrogen (secondary N) is 1. The van der Waals surface area contributed by atoms with Gasteiger partial charge in [0.2, 0.25) is 0 Å². The molecule has 0 amide bonds. The van der Waals surface area contributed by atoms with Crippen LogP contribution in [0.3, 0.4) is 0 Å². The van der Waals surface area contributed by atoms with Crippen LogP contribution in [-0.2, 0) is 6.42 Å². The minimum atomic E-state index is 0.639. The number of benzene rings is 2. The van der Waals surface area contributed by atoms with Gasteiger partial charge in [0.25, 0.3) is 0 Å². The van der Waals surface area contributed by atoms with Gasteiger partial charge in [-0.05, 0) is 36.6 Å². The molecule has 3 rings (SSSR count). The van der Waals surface area contributed by atoms with E-state index in [0.29, 0.717) is 6.04 Å². The molecular formula is C19H24N2. The molecule has 1 fully saturated rings. The van der Waals surface area contributed by atoms with E-state index < -0.39 is 0 Å². The molecule has 1 atom stereocenters. The maximum Gasteiger partial charge on any atom is 0.0402 e. The smallest absolute Gasteiger partial charge is 0.0402 e. The lowest BCUT2D eigenvalue weighted by Crippen LogP contribution is -2.32. The third-order valence-electron chi connectivity index (χ3n) is 4.25. The van der Waals surface area contributed by atoms with Crippen molar-refractivity contribution in [2.75, 3.05) is 24.5 Å². The Morgan fingerprint density at radius 3 is 2.62 bits per heavy atom. The summed E-state index contributed by atoms with van der Waals surface area (Å²) >= 11 is 0. The second-order valence-corrected chi connectivity index (χ2v) is 5.78. The molecule has 1 saturated heterocycles.